The summed E-state index contributed by atoms with van der Waals surface area (Å²) in [6.07, 6.45) is -4.91. The Balaban J connectivity index is 2.18. The number of alkyl halides is 3. The first-order valence-electron chi connectivity index (χ1n) is 6.78. The lowest BCUT2D eigenvalue weighted by molar-refractivity contribution is -0.137. The van der Waals surface area contributed by atoms with Crippen LogP contribution in [0, 0.1) is 0 Å². The zero-order valence-electron chi connectivity index (χ0n) is 12.5. The largest absolute Gasteiger partial charge is 0.454 e. The van der Waals surface area contributed by atoms with E-state index in [0.29, 0.717) is 0 Å². The van der Waals surface area contributed by atoms with Gasteiger partial charge in [0.05, 0.1) is 12.2 Å². The highest BCUT2D eigenvalue weighted by molar-refractivity contribution is 5.87. The Morgan fingerprint density at radius 3 is 2.65 bits per heavy atom. The topological polar surface area (TPSA) is 48.7 Å². The minimum Gasteiger partial charge on any atom is -0.454 e. The van der Waals surface area contributed by atoms with Crippen molar-refractivity contribution in [3.63, 3.8) is 0 Å². The molecule has 0 bridgehead atoms. The highest BCUT2D eigenvalue weighted by atomic mass is 19.4. The number of esters is 1. The lowest BCUT2D eigenvalue weighted by atomic mass is 10.1. The molecule has 0 saturated carbocycles. The van der Waals surface area contributed by atoms with Gasteiger partial charge in [0.1, 0.15) is 11.9 Å². The molecular weight excluding hydrogens is 313 g/mol. The van der Waals surface area contributed by atoms with Crippen LogP contribution in [0.1, 0.15) is 23.0 Å². The average Bonchev–Trinajstić information content (AvgIpc) is 2.96. The monoisotopic (exact) mass is 328 g/mol. The molecule has 0 N–H and O–H groups in total. The molecule has 1 unspecified atom stereocenters. The Morgan fingerprint density at radius 1 is 1.26 bits per heavy atom. The highest BCUT2D eigenvalue weighted by Gasteiger charge is 2.30. The molecule has 2 rings (SSSR count). The maximum absolute atomic E-state index is 12.7. The second-order valence-corrected chi connectivity index (χ2v) is 4.91. The lowest BCUT2D eigenvalue weighted by Crippen LogP contribution is -2.19. The van der Waals surface area contributed by atoms with Crippen LogP contribution in [-0.4, -0.2) is 25.8 Å². The molecule has 0 aliphatic rings. The fourth-order valence-electron chi connectivity index (χ4n) is 1.96. The third kappa shape index (κ3) is 4.35. The van der Waals surface area contributed by atoms with Gasteiger partial charge >= 0.3 is 12.1 Å². The van der Waals surface area contributed by atoms with Gasteiger partial charge in [0.25, 0.3) is 0 Å². The Labute approximate surface area is 130 Å². The first-order valence-corrected chi connectivity index (χ1v) is 6.78. The molecular formula is C16H15F3O4. The maximum Gasteiger partial charge on any atom is 0.416 e. The quantitative estimate of drug-likeness (QED) is 0.774. The fraction of sp³-hybridized carbons (Fsp3) is 0.312. The van der Waals surface area contributed by atoms with Crippen LogP contribution >= 0.6 is 0 Å². The second-order valence-electron chi connectivity index (χ2n) is 4.91. The Hall–Kier alpha value is -2.28. The summed E-state index contributed by atoms with van der Waals surface area (Å²) in [6, 6.07) is 7.45. The zero-order chi connectivity index (χ0) is 17.0. The molecule has 0 aliphatic heterocycles. The number of carbonyl (C=O) groups is 1. The number of hydrogen-bond donors (Lipinski definition) is 0. The van der Waals surface area contributed by atoms with E-state index >= 15 is 0 Å². The van der Waals surface area contributed by atoms with E-state index in [1.54, 1.807) is 6.92 Å². The lowest BCUT2D eigenvalue weighted by Gasteiger charge is -2.10. The summed E-state index contributed by atoms with van der Waals surface area (Å²) in [6.45, 7) is 1.88. The first-order chi connectivity index (χ1) is 10.8. The van der Waals surface area contributed by atoms with E-state index in [0.717, 1.165) is 12.1 Å². The van der Waals surface area contributed by atoms with Crippen molar-refractivity contribution in [2.75, 3.05) is 13.7 Å². The van der Waals surface area contributed by atoms with Gasteiger partial charge in [0.2, 0.25) is 5.76 Å². The second kappa shape index (κ2) is 6.87. The molecule has 1 heterocycles. The van der Waals surface area contributed by atoms with Crippen LogP contribution in [0.3, 0.4) is 0 Å². The summed E-state index contributed by atoms with van der Waals surface area (Å²) in [5, 5.41) is 0. The van der Waals surface area contributed by atoms with Gasteiger partial charge in [-0.15, -0.1) is 0 Å². The van der Waals surface area contributed by atoms with Crippen molar-refractivity contribution >= 4 is 5.97 Å². The number of ether oxygens (including phenoxy) is 2. The van der Waals surface area contributed by atoms with Crippen LogP contribution in [0.5, 0.6) is 0 Å². The Kier molecular flexibility index (Phi) is 5.10. The summed E-state index contributed by atoms with van der Waals surface area (Å²) in [5.74, 6) is -0.629. The molecule has 23 heavy (non-hydrogen) atoms. The number of benzene rings is 1. The van der Waals surface area contributed by atoms with Gasteiger partial charge in [-0.05, 0) is 31.2 Å². The Bertz CT molecular complexity index is 676. The van der Waals surface area contributed by atoms with E-state index in [1.165, 1.54) is 31.4 Å². The first kappa shape index (κ1) is 17.1. The summed E-state index contributed by atoms with van der Waals surface area (Å²) < 4.78 is 53.4. The van der Waals surface area contributed by atoms with E-state index in [1.807, 2.05) is 0 Å². The maximum atomic E-state index is 12.7. The molecule has 0 fully saturated rings. The zero-order valence-corrected chi connectivity index (χ0v) is 12.5. The van der Waals surface area contributed by atoms with Crippen LogP contribution in [0.2, 0.25) is 0 Å². The summed E-state index contributed by atoms with van der Waals surface area (Å²) >= 11 is 0. The minimum absolute atomic E-state index is 0.0830. The SMILES string of the molecule is COCC(C)OC(=O)c1ccc(-c2cccc(C(F)(F)F)c2)o1. The molecule has 7 heteroatoms. The average molecular weight is 328 g/mol. The molecule has 0 amide bonds. The molecule has 0 spiro atoms. The van der Waals surface area contributed by atoms with E-state index in [4.69, 9.17) is 13.9 Å². The molecule has 1 aromatic carbocycles. The van der Waals surface area contributed by atoms with Gasteiger partial charge < -0.3 is 13.9 Å². The van der Waals surface area contributed by atoms with Gasteiger partial charge in [-0.2, -0.15) is 13.2 Å². The number of methoxy groups -OCH3 is 1. The summed E-state index contributed by atoms with van der Waals surface area (Å²) in [5.41, 5.74) is -0.562. The van der Waals surface area contributed by atoms with Crippen LogP contribution in [-0.2, 0) is 15.7 Å². The Morgan fingerprint density at radius 2 is 2.00 bits per heavy atom. The van der Waals surface area contributed by atoms with Crippen molar-refractivity contribution in [2.45, 2.75) is 19.2 Å². The predicted molar refractivity (Wildman–Crippen MR) is 75.9 cm³/mol. The van der Waals surface area contributed by atoms with Crippen molar-refractivity contribution < 1.29 is 31.9 Å². The van der Waals surface area contributed by atoms with Gasteiger partial charge in [0, 0.05) is 12.7 Å². The molecule has 124 valence electrons. The van der Waals surface area contributed by atoms with Crippen LogP contribution < -0.4 is 0 Å². The summed E-state index contributed by atoms with van der Waals surface area (Å²) in [4.78, 5) is 11.8. The van der Waals surface area contributed by atoms with Crippen LogP contribution in [0.4, 0.5) is 13.2 Å². The minimum atomic E-state index is -4.44. The van der Waals surface area contributed by atoms with Crippen molar-refractivity contribution in [1.82, 2.24) is 0 Å². The van der Waals surface area contributed by atoms with E-state index in [2.05, 4.69) is 0 Å². The van der Waals surface area contributed by atoms with Gasteiger partial charge in [-0.1, -0.05) is 12.1 Å². The molecule has 2 aromatic rings. The van der Waals surface area contributed by atoms with E-state index < -0.39 is 23.8 Å². The molecule has 4 nitrogen and oxygen atoms in total. The summed E-state index contributed by atoms with van der Waals surface area (Å²) in [7, 11) is 1.48. The van der Waals surface area contributed by atoms with Crippen LogP contribution in [0.25, 0.3) is 11.3 Å². The van der Waals surface area contributed by atoms with Crippen molar-refractivity contribution in [3.05, 3.63) is 47.7 Å². The van der Waals surface area contributed by atoms with E-state index in [9.17, 15) is 18.0 Å². The van der Waals surface area contributed by atoms with Crippen molar-refractivity contribution in [1.29, 1.82) is 0 Å². The van der Waals surface area contributed by atoms with Crippen molar-refractivity contribution in [2.24, 2.45) is 0 Å². The van der Waals surface area contributed by atoms with E-state index in [-0.39, 0.29) is 23.7 Å². The third-order valence-electron chi connectivity index (χ3n) is 2.99. The number of carbonyl (C=O) groups excluding carboxylic acids is 1. The van der Waals surface area contributed by atoms with Gasteiger partial charge in [-0.3, -0.25) is 0 Å². The predicted octanol–water partition coefficient (Wildman–Crippen LogP) is 4.16. The highest BCUT2D eigenvalue weighted by Crippen LogP contribution is 2.32. The third-order valence-corrected chi connectivity index (χ3v) is 2.99. The number of rotatable bonds is 5. The number of halogens is 3. The van der Waals surface area contributed by atoms with Gasteiger partial charge in [-0.25, -0.2) is 4.79 Å². The molecule has 0 saturated heterocycles. The van der Waals surface area contributed by atoms with Crippen molar-refractivity contribution in [3.8, 4) is 11.3 Å². The van der Waals surface area contributed by atoms with Crippen LogP contribution in [0.15, 0.2) is 40.8 Å². The standard InChI is InChI=1S/C16H15F3O4/c1-10(9-21-2)22-15(20)14-7-6-13(23-14)11-4-3-5-12(8-11)16(17,18)19/h3-8,10H,9H2,1-2H3. The normalized spacial score (nSPS) is 12.9. The molecule has 0 radical (unpaired) electrons. The smallest absolute Gasteiger partial charge is 0.416 e. The number of furan rings is 1. The fourth-order valence-corrected chi connectivity index (χ4v) is 1.96. The number of hydrogen-bond acceptors (Lipinski definition) is 4. The molecule has 1 atom stereocenters. The molecule has 0 aliphatic carbocycles. The molecule has 1 aromatic heterocycles. The van der Waals surface area contributed by atoms with Gasteiger partial charge in [0.15, 0.2) is 0 Å².